The molecule has 0 amide bonds. The van der Waals surface area contributed by atoms with E-state index >= 15 is 0 Å². The molecule has 19 heavy (non-hydrogen) atoms. The molecule has 0 saturated heterocycles. The Morgan fingerprint density at radius 3 is 2.53 bits per heavy atom. The first-order valence-corrected chi connectivity index (χ1v) is 7.61. The fourth-order valence-electron chi connectivity index (χ4n) is 1.62. The monoisotopic (exact) mass is 281 g/mol. The molecular formula is C11H15N5O2S. The molecule has 2 rings (SSSR count). The van der Waals surface area contributed by atoms with E-state index in [0.29, 0.717) is 17.3 Å². The summed E-state index contributed by atoms with van der Waals surface area (Å²) in [5.41, 5.74) is 0.996. The van der Waals surface area contributed by atoms with Gasteiger partial charge in [-0.15, -0.1) is 10.2 Å². The van der Waals surface area contributed by atoms with Crippen LogP contribution < -0.4 is 5.32 Å². The highest BCUT2D eigenvalue weighted by Crippen LogP contribution is 2.16. The number of nitrogens with one attached hydrogen (secondary N) is 2. The average Bonchev–Trinajstić information content (AvgIpc) is 2.88. The summed E-state index contributed by atoms with van der Waals surface area (Å²) in [4.78, 5) is 0.321. The van der Waals surface area contributed by atoms with Gasteiger partial charge in [-0.25, -0.2) is 8.42 Å². The molecule has 1 atom stereocenters. The molecule has 1 aromatic carbocycles. The predicted octanol–water partition coefficient (Wildman–Crippen LogP) is 0.454. The Morgan fingerprint density at radius 2 is 2.00 bits per heavy atom. The molecule has 8 heteroatoms. The van der Waals surface area contributed by atoms with E-state index in [4.69, 9.17) is 0 Å². The SMILES string of the molecule is CC(NCc1nn[nH]n1)c1ccc(S(C)(=O)=O)cc1. The van der Waals surface area contributed by atoms with Crippen LogP contribution in [0.15, 0.2) is 29.2 Å². The first kappa shape index (κ1) is 13.6. The molecular weight excluding hydrogens is 266 g/mol. The molecule has 0 spiro atoms. The van der Waals surface area contributed by atoms with Gasteiger partial charge in [0.1, 0.15) is 0 Å². The smallest absolute Gasteiger partial charge is 0.188 e. The van der Waals surface area contributed by atoms with E-state index in [0.717, 1.165) is 5.56 Å². The van der Waals surface area contributed by atoms with Crippen LogP contribution in [-0.4, -0.2) is 35.3 Å². The van der Waals surface area contributed by atoms with Crippen LogP contribution in [-0.2, 0) is 16.4 Å². The molecule has 1 unspecified atom stereocenters. The van der Waals surface area contributed by atoms with Gasteiger partial charge >= 0.3 is 0 Å². The van der Waals surface area contributed by atoms with Crippen molar-refractivity contribution in [2.75, 3.05) is 6.26 Å². The third-order valence-corrected chi connectivity index (χ3v) is 3.89. The van der Waals surface area contributed by atoms with Crippen molar-refractivity contribution in [1.29, 1.82) is 0 Å². The number of nitrogens with zero attached hydrogens (tertiary/aromatic N) is 3. The van der Waals surface area contributed by atoms with Gasteiger partial charge in [-0.05, 0) is 24.6 Å². The van der Waals surface area contributed by atoms with Crippen LogP contribution in [0.3, 0.4) is 0 Å². The van der Waals surface area contributed by atoms with Gasteiger partial charge in [0.05, 0.1) is 11.4 Å². The summed E-state index contributed by atoms with van der Waals surface area (Å²) in [5.74, 6) is 0.583. The Hall–Kier alpha value is -1.80. The van der Waals surface area contributed by atoms with Crippen molar-refractivity contribution in [2.24, 2.45) is 0 Å². The molecule has 0 aliphatic heterocycles. The fourth-order valence-corrected chi connectivity index (χ4v) is 2.25. The highest BCUT2D eigenvalue weighted by atomic mass is 32.2. The zero-order valence-corrected chi connectivity index (χ0v) is 11.5. The molecule has 0 radical (unpaired) electrons. The molecule has 0 fully saturated rings. The number of aromatic nitrogens is 4. The lowest BCUT2D eigenvalue weighted by molar-refractivity contribution is 0.559. The van der Waals surface area contributed by atoms with Crippen LogP contribution in [0, 0.1) is 0 Å². The van der Waals surface area contributed by atoms with Crippen LogP contribution >= 0.6 is 0 Å². The Bertz CT molecular complexity index is 622. The number of benzene rings is 1. The number of H-pyrrole nitrogens is 1. The van der Waals surface area contributed by atoms with Crippen LogP contribution in [0.25, 0.3) is 0 Å². The molecule has 7 nitrogen and oxygen atoms in total. The Morgan fingerprint density at radius 1 is 1.32 bits per heavy atom. The quantitative estimate of drug-likeness (QED) is 0.825. The lowest BCUT2D eigenvalue weighted by Crippen LogP contribution is -2.19. The van der Waals surface area contributed by atoms with Crippen molar-refractivity contribution in [1.82, 2.24) is 25.9 Å². The van der Waals surface area contributed by atoms with Crippen molar-refractivity contribution in [2.45, 2.75) is 24.4 Å². The second-order valence-corrected chi connectivity index (χ2v) is 6.29. The van der Waals surface area contributed by atoms with Gasteiger partial charge in [-0.2, -0.15) is 5.21 Å². The largest absolute Gasteiger partial charge is 0.303 e. The van der Waals surface area contributed by atoms with Crippen molar-refractivity contribution >= 4 is 9.84 Å². The van der Waals surface area contributed by atoms with Gasteiger partial charge in [-0.3, -0.25) is 0 Å². The summed E-state index contributed by atoms with van der Waals surface area (Å²) >= 11 is 0. The lowest BCUT2D eigenvalue weighted by atomic mass is 10.1. The number of hydrogen-bond donors (Lipinski definition) is 2. The molecule has 0 bridgehead atoms. The van der Waals surface area contributed by atoms with Crippen molar-refractivity contribution < 1.29 is 8.42 Å². The third kappa shape index (κ3) is 3.58. The summed E-state index contributed by atoms with van der Waals surface area (Å²) in [6.45, 7) is 2.47. The van der Waals surface area contributed by atoms with Crippen LogP contribution in [0.5, 0.6) is 0 Å². The summed E-state index contributed by atoms with van der Waals surface area (Å²) in [5, 5.41) is 16.8. The topological polar surface area (TPSA) is 101 Å². The standard InChI is InChI=1S/C11H15N5O2S/c1-8(12-7-11-13-15-16-14-11)9-3-5-10(6-4-9)19(2,17)18/h3-6,8,12H,7H2,1-2H3,(H,13,14,15,16). The summed E-state index contributed by atoms with van der Waals surface area (Å²) in [6, 6.07) is 6.87. The summed E-state index contributed by atoms with van der Waals surface area (Å²) in [7, 11) is -3.15. The summed E-state index contributed by atoms with van der Waals surface area (Å²) < 4.78 is 22.7. The number of aromatic amines is 1. The maximum atomic E-state index is 11.4. The van der Waals surface area contributed by atoms with Crippen molar-refractivity contribution in [3.05, 3.63) is 35.7 Å². The molecule has 102 valence electrons. The molecule has 0 aliphatic carbocycles. The van der Waals surface area contributed by atoms with Crippen LogP contribution in [0.1, 0.15) is 24.4 Å². The Balaban J connectivity index is 2.01. The van der Waals surface area contributed by atoms with Gasteiger partial charge in [-0.1, -0.05) is 17.3 Å². The van der Waals surface area contributed by atoms with E-state index < -0.39 is 9.84 Å². The van der Waals surface area contributed by atoms with E-state index in [1.807, 2.05) is 6.92 Å². The van der Waals surface area contributed by atoms with E-state index in [-0.39, 0.29) is 6.04 Å². The number of hydrogen-bond acceptors (Lipinski definition) is 6. The van der Waals surface area contributed by atoms with Crippen molar-refractivity contribution in [3.8, 4) is 0 Å². The van der Waals surface area contributed by atoms with Crippen molar-refractivity contribution in [3.63, 3.8) is 0 Å². The molecule has 1 aromatic heterocycles. The maximum Gasteiger partial charge on any atom is 0.188 e. The highest BCUT2D eigenvalue weighted by Gasteiger charge is 2.10. The van der Waals surface area contributed by atoms with Gasteiger partial charge in [0.25, 0.3) is 0 Å². The van der Waals surface area contributed by atoms with Gasteiger partial charge in [0.15, 0.2) is 15.7 Å². The normalized spacial score (nSPS) is 13.4. The van der Waals surface area contributed by atoms with Gasteiger partial charge in [0.2, 0.25) is 0 Å². The maximum absolute atomic E-state index is 11.4. The zero-order chi connectivity index (χ0) is 13.9. The number of rotatable bonds is 5. The summed E-state index contributed by atoms with van der Waals surface area (Å²) in [6.07, 6.45) is 1.19. The number of sulfone groups is 1. The molecule has 0 saturated carbocycles. The predicted molar refractivity (Wildman–Crippen MR) is 69.0 cm³/mol. The third-order valence-electron chi connectivity index (χ3n) is 2.76. The molecule has 2 aromatic rings. The van der Waals surface area contributed by atoms with Crippen LogP contribution in [0.2, 0.25) is 0 Å². The molecule has 1 heterocycles. The Labute approximate surface area is 111 Å². The average molecular weight is 281 g/mol. The van der Waals surface area contributed by atoms with Crippen LogP contribution in [0.4, 0.5) is 0 Å². The second kappa shape index (κ2) is 5.45. The first-order chi connectivity index (χ1) is 8.97. The number of tetrazole rings is 1. The van der Waals surface area contributed by atoms with E-state index in [1.54, 1.807) is 24.3 Å². The van der Waals surface area contributed by atoms with E-state index in [2.05, 4.69) is 25.9 Å². The zero-order valence-electron chi connectivity index (χ0n) is 10.7. The molecule has 0 aliphatic rings. The second-order valence-electron chi connectivity index (χ2n) is 4.27. The van der Waals surface area contributed by atoms with E-state index in [1.165, 1.54) is 6.26 Å². The molecule has 2 N–H and O–H groups in total. The first-order valence-electron chi connectivity index (χ1n) is 5.72. The Kier molecular flexibility index (Phi) is 3.91. The van der Waals surface area contributed by atoms with Gasteiger partial charge < -0.3 is 5.32 Å². The lowest BCUT2D eigenvalue weighted by Gasteiger charge is -2.13. The minimum absolute atomic E-state index is 0.0621. The minimum Gasteiger partial charge on any atom is -0.303 e. The fraction of sp³-hybridized carbons (Fsp3) is 0.364. The van der Waals surface area contributed by atoms with Gasteiger partial charge in [0, 0.05) is 12.3 Å². The minimum atomic E-state index is -3.15. The van der Waals surface area contributed by atoms with E-state index in [9.17, 15) is 8.42 Å². The highest BCUT2D eigenvalue weighted by molar-refractivity contribution is 7.90.